The minimum atomic E-state index is -0.467. The molecule has 4 heteroatoms. The lowest BCUT2D eigenvalue weighted by Gasteiger charge is -2.13. The highest BCUT2D eigenvalue weighted by Gasteiger charge is 2.04. The lowest BCUT2D eigenvalue weighted by Crippen LogP contribution is -2.32. The summed E-state index contributed by atoms with van der Waals surface area (Å²) in [5, 5.41) is 13.0. The van der Waals surface area contributed by atoms with Crippen LogP contribution in [-0.2, 0) is 0 Å². The average molecular weight is 316 g/mol. The number of aliphatic hydroxyl groups excluding tert-OH is 1. The van der Waals surface area contributed by atoms with E-state index >= 15 is 0 Å². The summed E-state index contributed by atoms with van der Waals surface area (Å²) in [7, 11) is 0. The molecule has 1 aromatic rings. The summed E-state index contributed by atoms with van der Waals surface area (Å²) in [6, 6.07) is 7.63. The zero-order valence-electron chi connectivity index (χ0n) is 10.9. The number of aliphatic hydroxyl groups is 1. The van der Waals surface area contributed by atoms with E-state index in [4.69, 9.17) is 4.74 Å². The predicted molar refractivity (Wildman–Crippen MR) is 78.0 cm³/mol. The molecule has 102 valence electrons. The second-order valence-electron chi connectivity index (χ2n) is 4.33. The highest BCUT2D eigenvalue weighted by Crippen LogP contribution is 2.17. The van der Waals surface area contributed by atoms with Gasteiger partial charge in [-0.05, 0) is 31.2 Å². The molecule has 0 saturated carbocycles. The van der Waals surface area contributed by atoms with E-state index in [1.165, 1.54) is 12.8 Å². The molecule has 0 heterocycles. The van der Waals surface area contributed by atoms with Crippen molar-refractivity contribution in [2.45, 2.75) is 32.3 Å². The van der Waals surface area contributed by atoms with E-state index in [1.807, 2.05) is 24.3 Å². The van der Waals surface area contributed by atoms with Crippen molar-refractivity contribution in [3.8, 4) is 5.75 Å². The number of ether oxygens (including phenoxy) is 1. The largest absolute Gasteiger partial charge is 0.491 e. The Hall–Kier alpha value is -0.580. The van der Waals surface area contributed by atoms with E-state index < -0.39 is 6.10 Å². The molecule has 0 aliphatic carbocycles. The van der Waals surface area contributed by atoms with Crippen LogP contribution in [0.15, 0.2) is 28.7 Å². The van der Waals surface area contributed by atoms with Gasteiger partial charge in [0.1, 0.15) is 18.5 Å². The molecule has 0 saturated heterocycles. The minimum absolute atomic E-state index is 0.317. The van der Waals surface area contributed by atoms with Crippen molar-refractivity contribution in [1.82, 2.24) is 5.32 Å². The zero-order valence-corrected chi connectivity index (χ0v) is 12.4. The molecular formula is C14H22BrNO2. The van der Waals surface area contributed by atoms with Crippen molar-refractivity contribution in [2.24, 2.45) is 0 Å². The van der Waals surface area contributed by atoms with Crippen molar-refractivity contribution in [3.63, 3.8) is 0 Å². The van der Waals surface area contributed by atoms with Gasteiger partial charge in [0.05, 0.1) is 0 Å². The molecule has 2 N–H and O–H groups in total. The van der Waals surface area contributed by atoms with Gasteiger partial charge in [0.2, 0.25) is 0 Å². The molecule has 0 radical (unpaired) electrons. The number of unbranched alkanes of at least 4 members (excludes halogenated alkanes) is 2. The fraction of sp³-hybridized carbons (Fsp3) is 0.571. The molecule has 0 aromatic heterocycles. The van der Waals surface area contributed by atoms with Gasteiger partial charge in [-0.25, -0.2) is 0 Å². The van der Waals surface area contributed by atoms with Crippen LogP contribution < -0.4 is 10.1 Å². The van der Waals surface area contributed by atoms with E-state index in [0.29, 0.717) is 13.2 Å². The van der Waals surface area contributed by atoms with E-state index in [2.05, 4.69) is 28.2 Å². The van der Waals surface area contributed by atoms with Crippen LogP contribution in [0.25, 0.3) is 0 Å². The number of benzene rings is 1. The first-order valence-corrected chi connectivity index (χ1v) is 7.29. The molecule has 1 aromatic carbocycles. The molecule has 0 amide bonds. The Bertz CT molecular complexity index is 333. The normalized spacial score (nSPS) is 12.4. The smallest absolute Gasteiger partial charge is 0.120 e. The molecular weight excluding hydrogens is 294 g/mol. The Kier molecular flexibility index (Phi) is 8.05. The maximum Gasteiger partial charge on any atom is 0.120 e. The molecule has 1 unspecified atom stereocenters. The summed E-state index contributed by atoms with van der Waals surface area (Å²) in [4.78, 5) is 0. The van der Waals surface area contributed by atoms with Gasteiger partial charge >= 0.3 is 0 Å². The second-order valence-corrected chi connectivity index (χ2v) is 5.25. The van der Waals surface area contributed by atoms with Gasteiger partial charge in [-0.1, -0.05) is 41.8 Å². The summed E-state index contributed by atoms with van der Waals surface area (Å²) >= 11 is 3.38. The number of rotatable bonds is 9. The quantitative estimate of drug-likeness (QED) is 0.688. The standard InChI is InChI=1S/C14H22BrNO2/c1-2-3-4-8-16-10-13(17)11-18-14-7-5-6-12(15)9-14/h5-7,9,13,16-17H,2-4,8,10-11H2,1H3. The average Bonchev–Trinajstić information content (AvgIpc) is 2.36. The van der Waals surface area contributed by atoms with Crippen molar-refractivity contribution in [1.29, 1.82) is 0 Å². The van der Waals surface area contributed by atoms with Gasteiger partial charge in [0.25, 0.3) is 0 Å². The SMILES string of the molecule is CCCCCNCC(O)COc1cccc(Br)c1. The minimum Gasteiger partial charge on any atom is -0.491 e. The zero-order chi connectivity index (χ0) is 13.2. The lowest BCUT2D eigenvalue weighted by atomic mass is 10.2. The second kappa shape index (κ2) is 9.36. The number of hydrogen-bond donors (Lipinski definition) is 2. The third-order valence-electron chi connectivity index (χ3n) is 2.58. The van der Waals surface area contributed by atoms with Gasteiger partial charge < -0.3 is 15.2 Å². The number of hydrogen-bond acceptors (Lipinski definition) is 3. The van der Waals surface area contributed by atoms with Crippen LogP contribution in [0.1, 0.15) is 26.2 Å². The van der Waals surface area contributed by atoms with Crippen LogP contribution in [0.3, 0.4) is 0 Å². The molecule has 0 aliphatic heterocycles. The fourth-order valence-corrected chi connectivity index (χ4v) is 1.96. The first-order chi connectivity index (χ1) is 8.72. The van der Waals surface area contributed by atoms with Crippen molar-refractivity contribution in [3.05, 3.63) is 28.7 Å². The van der Waals surface area contributed by atoms with Crippen LogP contribution in [0.5, 0.6) is 5.75 Å². The number of halogens is 1. The molecule has 3 nitrogen and oxygen atoms in total. The molecule has 0 fully saturated rings. The van der Waals surface area contributed by atoms with Crippen molar-refractivity contribution >= 4 is 15.9 Å². The van der Waals surface area contributed by atoms with Crippen molar-refractivity contribution in [2.75, 3.05) is 19.7 Å². The summed E-state index contributed by atoms with van der Waals surface area (Å²) in [5.41, 5.74) is 0. The monoisotopic (exact) mass is 315 g/mol. The summed E-state index contributed by atoms with van der Waals surface area (Å²) in [6.45, 7) is 4.04. The maximum absolute atomic E-state index is 9.74. The first kappa shape index (κ1) is 15.5. The van der Waals surface area contributed by atoms with Crippen LogP contribution in [-0.4, -0.2) is 30.9 Å². The van der Waals surface area contributed by atoms with E-state index in [9.17, 15) is 5.11 Å². The fourth-order valence-electron chi connectivity index (χ4n) is 1.58. The Labute approximate surface area is 118 Å². The maximum atomic E-state index is 9.74. The Morgan fingerprint density at radius 1 is 1.39 bits per heavy atom. The van der Waals surface area contributed by atoms with Crippen LogP contribution in [0.2, 0.25) is 0 Å². The third kappa shape index (κ3) is 6.99. The number of nitrogens with one attached hydrogen (secondary N) is 1. The topological polar surface area (TPSA) is 41.5 Å². The van der Waals surface area contributed by atoms with Gasteiger partial charge in [-0.3, -0.25) is 0 Å². The Balaban J connectivity index is 2.11. The third-order valence-corrected chi connectivity index (χ3v) is 3.07. The van der Waals surface area contributed by atoms with Gasteiger partial charge in [0, 0.05) is 11.0 Å². The Morgan fingerprint density at radius 2 is 2.22 bits per heavy atom. The molecule has 0 bridgehead atoms. The summed E-state index contributed by atoms with van der Waals surface area (Å²) in [5.74, 6) is 0.773. The van der Waals surface area contributed by atoms with E-state index in [1.54, 1.807) is 0 Å². The molecule has 1 rings (SSSR count). The predicted octanol–water partition coefficient (Wildman–Crippen LogP) is 2.97. The Morgan fingerprint density at radius 3 is 2.94 bits per heavy atom. The first-order valence-electron chi connectivity index (χ1n) is 6.49. The lowest BCUT2D eigenvalue weighted by molar-refractivity contribution is 0.106. The molecule has 0 aliphatic rings. The van der Waals surface area contributed by atoms with Gasteiger partial charge in [-0.2, -0.15) is 0 Å². The van der Waals surface area contributed by atoms with E-state index in [-0.39, 0.29) is 0 Å². The summed E-state index contributed by atoms with van der Waals surface area (Å²) in [6.07, 6.45) is 3.15. The van der Waals surface area contributed by atoms with Gasteiger partial charge in [-0.15, -0.1) is 0 Å². The highest BCUT2D eigenvalue weighted by atomic mass is 79.9. The highest BCUT2D eigenvalue weighted by molar-refractivity contribution is 9.10. The van der Waals surface area contributed by atoms with Gasteiger partial charge in [0.15, 0.2) is 0 Å². The molecule has 18 heavy (non-hydrogen) atoms. The van der Waals surface area contributed by atoms with Crippen LogP contribution >= 0.6 is 15.9 Å². The molecule has 0 spiro atoms. The van der Waals surface area contributed by atoms with Crippen LogP contribution in [0, 0.1) is 0 Å². The van der Waals surface area contributed by atoms with E-state index in [0.717, 1.165) is 23.2 Å². The summed E-state index contributed by atoms with van der Waals surface area (Å²) < 4.78 is 6.49. The molecule has 1 atom stereocenters. The van der Waals surface area contributed by atoms with Crippen LogP contribution in [0.4, 0.5) is 0 Å². The van der Waals surface area contributed by atoms with Crippen molar-refractivity contribution < 1.29 is 9.84 Å².